The predicted octanol–water partition coefficient (Wildman–Crippen LogP) is 4.15. The third-order valence-electron chi connectivity index (χ3n) is 4.27. The van der Waals surface area contributed by atoms with E-state index in [-0.39, 0.29) is 29.5 Å². The molecule has 3 aromatic rings. The van der Waals surface area contributed by atoms with Crippen LogP contribution in [-0.2, 0) is 12.0 Å². The molecular formula is C22H23N3O3. The molecule has 1 aromatic carbocycles. The largest absolute Gasteiger partial charge is 0.467 e. The van der Waals surface area contributed by atoms with E-state index in [9.17, 15) is 9.59 Å². The Morgan fingerprint density at radius 1 is 1.04 bits per heavy atom. The van der Waals surface area contributed by atoms with Gasteiger partial charge in [-0.15, -0.1) is 0 Å². The van der Waals surface area contributed by atoms with Gasteiger partial charge in [0, 0.05) is 17.4 Å². The van der Waals surface area contributed by atoms with Gasteiger partial charge in [-0.25, -0.2) is 0 Å². The van der Waals surface area contributed by atoms with Gasteiger partial charge in [0.15, 0.2) is 0 Å². The third kappa shape index (κ3) is 4.85. The van der Waals surface area contributed by atoms with Gasteiger partial charge in [0.1, 0.15) is 11.5 Å². The second kappa shape index (κ2) is 8.08. The molecule has 6 heteroatoms. The van der Waals surface area contributed by atoms with Crippen LogP contribution in [-0.4, -0.2) is 16.8 Å². The number of rotatable bonds is 5. The van der Waals surface area contributed by atoms with Gasteiger partial charge in [-0.1, -0.05) is 32.9 Å². The van der Waals surface area contributed by atoms with E-state index in [4.69, 9.17) is 4.42 Å². The van der Waals surface area contributed by atoms with Crippen molar-refractivity contribution < 1.29 is 14.0 Å². The smallest absolute Gasteiger partial charge is 0.274 e. The highest BCUT2D eigenvalue weighted by atomic mass is 16.3. The van der Waals surface area contributed by atoms with Crippen molar-refractivity contribution in [2.75, 3.05) is 5.32 Å². The van der Waals surface area contributed by atoms with E-state index >= 15 is 0 Å². The molecule has 0 fully saturated rings. The maximum atomic E-state index is 12.5. The summed E-state index contributed by atoms with van der Waals surface area (Å²) in [6.07, 6.45) is 2.99. The summed E-state index contributed by atoms with van der Waals surface area (Å²) in [5.74, 6) is -0.0225. The monoisotopic (exact) mass is 377 g/mol. The van der Waals surface area contributed by atoms with Crippen LogP contribution in [0, 0.1) is 0 Å². The summed E-state index contributed by atoms with van der Waals surface area (Å²) >= 11 is 0. The Labute approximate surface area is 164 Å². The first-order chi connectivity index (χ1) is 13.3. The summed E-state index contributed by atoms with van der Waals surface area (Å²) in [6, 6.07) is 14.3. The number of amides is 2. The van der Waals surface area contributed by atoms with Crippen LogP contribution in [0.15, 0.2) is 65.4 Å². The van der Waals surface area contributed by atoms with Crippen LogP contribution in [0.4, 0.5) is 5.69 Å². The van der Waals surface area contributed by atoms with Gasteiger partial charge in [-0.05, 0) is 47.4 Å². The average molecular weight is 377 g/mol. The Bertz CT molecular complexity index is 955. The van der Waals surface area contributed by atoms with Crippen LogP contribution in [0.2, 0.25) is 0 Å². The lowest BCUT2D eigenvalue weighted by molar-refractivity contribution is 0.0948. The molecule has 0 atom stereocenters. The minimum atomic E-state index is -0.371. The first kappa shape index (κ1) is 19.4. The van der Waals surface area contributed by atoms with Crippen molar-refractivity contribution in [3.05, 3.63) is 83.6 Å². The summed E-state index contributed by atoms with van der Waals surface area (Å²) in [5.41, 5.74) is 2.42. The van der Waals surface area contributed by atoms with Crippen molar-refractivity contribution in [3.8, 4) is 0 Å². The first-order valence-electron chi connectivity index (χ1n) is 9.01. The molecule has 0 spiro atoms. The number of nitrogens with zero attached hydrogens (tertiary/aromatic N) is 1. The number of carbonyl (C=O) groups excluding carboxylic acids is 2. The number of anilines is 1. The van der Waals surface area contributed by atoms with Crippen LogP contribution >= 0.6 is 0 Å². The van der Waals surface area contributed by atoms with E-state index in [1.165, 1.54) is 17.8 Å². The Hall–Kier alpha value is -3.41. The molecule has 144 valence electrons. The van der Waals surface area contributed by atoms with Crippen molar-refractivity contribution >= 4 is 17.5 Å². The molecule has 0 aliphatic carbocycles. The number of pyridine rings is 1. The lowest BCUT2D eigenvalue weighted by Crippen LogP contribution is -2.23. The Balaban J connectivity index is 1.65. The average Bonchev–Trinajstić information content (AvgIpc) is 3.19. The SMILES string of the molecule is CC(C)(C)c1ccc(NC(=O)c2cc(C(=O)NCc3ccco3)ccn2)cc1. The first-order valence-corrected chi connectivity index (χ1v) is 9.01. The van der Waals surface area contributed by atoms with E-state index in [1.807, 2.05) is 24.3 Å². The number of hydrogen-bond donors (Lipinski definition) is 2. The zero-order chi connectivity index (χ0) is 20.1. The quantitative estimate of drug-likeness (QED) is 0.699. The minimum absolute atomic E-state index is 0.0431. The highest BCUT2D eigenvalue weighted by Crippen LogP contribution is 2.23. The molecule has 28 heavy (non-hydrogen) atoms. The molecule has 2 N–H and O–H groups in total. The lowest BCUT2D eigenvalue weighted by Gasteiger charge is -2.19. The van der Waals surface area contributed by atoms with Crippen molar-refractivity contribution in [1.29, 1.82) is 0 Å². The van der Waals surface area contributed by atoms with Gasteiger partial charge in [-0.3, -0.25) is 14.6 Å². The van der Waals surface area contributed by atoms with Crippen molar-refractivity contribution in [1.82, 2.24) is 10.3 Å². The van der Waals surface area contributed by atoms with Crippen molar-refractivity contribution in [2.45, 2.75) is 32.7 Å². The van der Waals surface area contributed by atoms with E-state index in [0.29, 0.717) is 17.0 Å². The molecule has 0 unspecified atom stereocenters. The fourth-order valence-corrected chi connectivity index (χ4v) is 2.63. The highest BCUT2D eigenvalue weighted by molar-refractivity contribution is 6.04. The topological polar surface area (TPSA) is 84.2 Å². The molecule has 0 radical (unpaired) electrons. The van der Waals surface area contributed by atoms with Gasteiger partial charge in [0.25, 0.3) is 11.8 Å². The third-order valence-corrected chi connectivity index (χ3v) is 4.27. The second-order valence-corrected chi connectivity index (χ2v) is 7.47. The van der Waals surface area contributed by atoms with Crippen LogP contribution in [0.1, 0.15) is 52.9 Å². The normalized spacial score (nSPS) is 11.1. The van der Waals surface area contributed by atoms with Crippen molar-refractivity contribution in [3.63, 3.8) is 0 Å². The maximum Gasteiger partial charge on any atom is 0.274 e. The molecule has 0 aliphatic heterocycles. The fraction of sp³-hybridized carbons (Fsp3) is 0.227. The Morgan fingerprint density at radius 3 is 2.43 bits per heavy atom. The molecule has 6 nitrogen and oxygen atoms in total. The highest BCUT2D eigenvalue weighted by Gasteiger charge is 2.15. The van der Waals surface area contributed by atoms with Gasteiger partial charge in [0.05, 0.1) is 12.8 Å². The number of benzene rings is 1. The Morgan fingerprint density at radius 2 is 1.79 bits per heavy atom. The van der Waals surface area contributed by atoms with E-state index in [2.05, 4.69) is 36.4 Å². The predicted molar refractivity (Wildman–Crippen MR) is 107 cm³/mol. The molecule has 2 aromatic heterocycles. The maximum absolute atomic E-state index is 12.5. The van der Waals surface area contributed by atoms with E-state index in [0.717, 1.165) is 0 Å². The molecule has 2 amide bonds. The molecule has 3 rings (SSSR count). The van der Waals surface area contributed by atoms with Crippen molar-refractivity contribution in [2.24, 2.45) is 0 Å². The molecule has 0 aliphatic rings. The second-order valence-electron chi connectivity index (χ2n) is 7.47. The lowest BCUT2D eigenvalue weighted by atomic mass is 9.87. The summed E-state index contributed by atoms with van der Waals surface area (Å²) in [6.45, 7) is 6.67. The molecule has 0 saturated carbocycles. The molecule has 0 saturated heterocycles. The van der Waals surface area contributed by atoms with Crippen LogP contribution in [0.3, 0.4) is 0 Å². The molecular weight excluding hydrogens is 354 g/mol. The van der Waals surface area contributed by atoms with E-state index < -0.39 is 0 Å². The zero-order valence-electron chi connectivity index (χ0n) is 16.2. The standard InChI is InChI=1S/C22H23N3O3/c1-22(2,3)16-6-8-17(9-7-16)25-21(27)19-13-15(10-11-23-19)20(26)24-14-18-5-4-12-28-18/h4-13H,14H2,1-3H3,(H,24,26)(H,25,27). The number of nitrogens with one attached hydrogen (secondary N) is 2. The Kier molecular flexibility index (Phi) is 5.59. The number of hydrogen-bond acceptors (Lipinski definition) is 4. The zero-order valence-corrected chi connectivity index (χ0v) is 16.2. The van der Waals surface area contributed by atoms with Crippen LogP contribution < -0.4 is 10.6 Å². The fourth-order valence-electron chi connectivity index (χ4n) is 2.63. The van der Waals surface area contributed by atoms with Gasteiger partial charge >= 0.3 is 0 Å². The summed E-state index contributed by atoms with van der Waals surface area (Å²) in [5, 5.41) is 5.55. The number of furan rings is 1. The molecule has 0 bridgehead atoms. The number of aromatic nitrogens is 1. The van der Waals surface area contributed by atoms with E-state index in [1.54, 1.807) is 24.5 Å². The van der Waals surface area contributed by atoms with Crippen LogP contribution in [0.5, 0.6) is 0 Å². The van der Waals surface area contributed by atoms with Gasteiger partial charge in [-0.2, -0.15) is 0 Å². The minimum Gasteiger partial charge on any atom is -0.467 e. The summed E-state index contributed by atoms with van der Waals surface area (Å²) in [4.78, 5) is 28.9. The van der Waals surface area contributed by atoms with Gasteiger partial charge in [0.2, 0.25) is 0 Å². The number of carbonyl (C=O) groups is 2. The summed E-state index contributed by atoms with van der Waals surface area (Å²) < 4.78 is 5.19. The van der Waals surface area contributed by atoms with Gasteiger partial charge < -0.3 is 15.1 Å². The summed E-state index contributed by atoms with van der Waals surface area (Å²) in [7, 11) is 0. The molecule has 2 heterocycles. The van der Waals surface area contributed by atoms with Crippen LogP contribution in [0.25, 0.3) is 0 Å².